The molecule has 8 nitrogen and oxygen atoms in total. The van der Waals surface area contributed by atoms with E-state index < -0.39 is 5.54 Å². The Bertz CT molecular complexity index is 916. The Balaban J connectivity index is 0.00000320. The number of benzene rings is 1. The minimum atomic E-state index is -0.689. The molecule has 1 aliphatic rings. The molecule has 2 amide bonds. The van der Waals surface area contributed by atoms with Crippen molar-refractivity contribution in [2.45, 2.75) is 58.7 Å². The van der Waals surface area contributed by atoms with Crippen molar-refractivity contribution < 1.29 is 9.59 Å². The molecule has 3 rings (SSSR count). The Morgan fingerprint density at radius 3 is 2.43 bits per heavy atom. The molecule has 0 bridgehead atoms. The molecule has 1 aromatic carbocycles. The first-order chi connectivity index (χ1) is 13.6. The van der Waals surface area contributed by atoms with E-state index >= 15 is 0 Å². The molecule has 1 aliphatic heterocycles. The van der Waals surface area contributed by atoms with Crippen LogP contribution in [0.25, 0.3) is 0 Å². The molecule has 0 spiro atoms. The summed E-state index contributed by atoms with van der Waals surface area (Å²) in [4.78, 5) is 24.8. The molecule has 0 radical (unpaired) electrons. The van der Waals surface area contributed by atoms with Crippen LogP contribution in [0.3, 0.4) is 0 Å². The van der Waals surface area contributed by atoms with Crippen LogP contribution in [0.4, 0.5) is 0 Å². The number of aromatic nitrogens is 3. The van der Waals surface area contributed by atoms with Crippen LogP contribution in [0.5, 0.6) is 0 Å². The van der Waals surface area contributed by atoms with E-state index in [1.807, 2.05) is 52.9 Å². The molecule has 1 aromatic heterocycles. The van der Waals surface area contributed by atoms with Gasteiger partial charge in [0.2, 0.25) is 5.91 Å². The Kier molecular flexibility index (Phi) is 7.26. The molecular weight excluding hydrogens is 404 g/mol. The fraction of sp³-hybridized carbons (Fsp3) is 0.524. The summed E-state index contributed by atoms with van der Waals surface area (Å²) in [6.45, 7) is 10.4. The summed E-state index contributed by atoms with van der Waals surface area (Å²) < 4.78 is 1.78. The van der Waals surface area contributed by atoms with Gasteiger partial charge in [-0.3, -0.25) is 9.59 Å². The fourth-order valence-corrected chi connectivity index (χ4v) is 3.98. The maximum Gasteiger partial charge on any atom is 0.252 e. The van der Waals surface area contributed by atoms with Gasteiger partial charge in [-0.2, -0.15) is 0 Å². The molecule has 0 unspecified atom stereocenters. The number of hydrogen-bond donors (Lipinski definition) is 3. The van der Waals surface area contributed by atoms with Gasteiger partial charge in [-0.15, -0.1) is 17.5 Å². The van der Waals surface area contributed by atoms with Gasteiger partial charge in [0.1, 0.15) is 5.69 Å². The van der Waals surface area contributed by atoms with Crippen LogP contribution in [-0.2, 0) is 10.3 Å². The third-order valence-electron chi connectivity index (χ3n) is 5.53. The van der Waals surface area contributed by atoms with Crippen LogP contribution in [-0.4, -0.2) is 46.4 Å². The Morgan fingerprint density at radius 1 is 1.20 bits per heavy atom. The van der Waals surface area contributed by atoms with Crippen molar-refractivity contribution in [1.29, 1.82) is 0 Å². The van der Waals surface area contributed by atoms with Crippen molar-refractivity contribution in [2.75, 3.05) is 13.6 Å². The number of likely N-dealkylation sites (N-methyl/N-ethyl adjacent to an activating group) is 1. The summed E-state index contributed by atoms with van der Waals surface area (Å²) in [7, 11) is 1.63. The monoisotopic (exact) mass is 434 g/mol. The van der Waals surface area contributed by atoms with Gasteiger partial charge in [-0.25, -0.2) is 4.68 Å². The number of halogens is 1. The molecule has 164 valence electrons. The summed E-state index contributed by atoms with van der Waals surface area (Å²) in [6.07, 6.45) is 2.50. The quantitative estimate of drug-likeness (QED) is 0.667. The molecule has 1 saturated heterocycles. The number of nitrogens with one attached hydrogen (secondary N) is 3. The van der Waals surface area contributed by atoms with Crippen molar-refractivity contribution in [1.82, 2.24) is 30.9 Å². The summed E-state index contributed by atoms with van der Waals surface area (Å²) >= 11 is 0. The van der Waals surface area contributed by atoms with E-state index in [1.54, 1.807) is 11.7 Å². The first kappa shape index (κ1) is 23.8. The molecule has 0 saturated carbocycles. The minimum Gasteiger partial charge on any atom is -0.358 e. The van der Waals surface area contributed by atoms with Crippen molar-refractivity contribution in [3.63, 3.8) is 0 Å². The van der Waals surface area contributed by atoms with E-state index in [2.05, 4.69) is 26.3 Å². The van der Waals surface area contributed by atoms with Crippen LogP contribution >= 0.6 is 12.4 Å². The van der Waals surface area contributed by atoms with Crippen LogP contribution in [0.15, 0.2) is 18.3 Å². The largest absolute Gasteiger partial charge is 0.358 e. The van der Waals surface area contributed by atoms with E-state index in [-0.39, 0.29) is 36.3 Å². The highest BCUT2D eigenvalue weighted by molar-refractivity contribution is 5.97. The van der Waals surface area contributed by atoms with Crippen LogP contribution < -0.4 is 16.0 Å². The lowest BCUT2D eigenvalue weighted by atomic mass is 9.96. The lowest BCUT2D eigenvalue weighted by Gasteiger charge is -2.25. The maximum absolute atomic E-state index is 13.0. The third-order valence-corrected chi connectivity index (χ3v) is 5.53. The molecule has 2 atom stereocenters. The Labute approximate surface area is 183 Å². The van der Waals surface area contributed by atoms with E-state index in [0.717, 1.165) is 16.7 Å². The second-order valence-electron chi connectivity index (χ2n) is 8.40. The highest BCUT2D eigenvalue weighted by Gasteiger charge is 2.33. The second-order valence-corrected chi connectivity index (χ2v) is 8.40. The average molecular weight is 435 g/mol. The summed E-state index contributed by atoms with van der Waals surface area (Å²) in [5, 5.41) is 17.5. The predicted octanol–water partition coefficient (Wildman–Crippen LogP) is 1.94. The van der Waals surface area contributed by atoms with Gasteiger partial charge in [0, 0.05) is 19.2 Å². The van der Waals surface area contributed by atoms with E-state index in [0.29, 0.717) is 24.2 Å². The molecule has 1 fully saturated rings. The lowest BCUT2D eigenvalue weighted by molar-refractivity contribution is -0.122. The Hall–Kier alpha value is -2.45. The third kappa shape index (κ3) is 4.82. The average Bonchev–Trinajstić information content (AvgIpc) is 3.29. The first-order valence-corrected chi connectivity index (χ1v) is 9.90. The van der Waals surface area contributed by atoms with Crippen molar-refractivity contribution in [2.24, 2.45) is 0 Å². The molecule has 3 N–H and O–H groups in total. The number of hydrogen-bond acceptors (Lipinski definition) is 5. The highest BCUT2D eigenvalue weighted by Crippen LogP contribution is 2.24. The number of carbonyl (C=O) groups is 2. The van der Waals surface area contributed by atoms with Crippen LogP contribution in [0, 0.1) is 20.8 Å². The summed E-state index contributed by atoms with van der Waals surface area (Å²) in [5.74, 6) is -0.147. The van der Waals surface area contributed by atoms with Crippen molar-refractivity contribution >= 4 is 24.2 Å². The van der Waals surface area contributed by atoms with Gasteiger partial charge in [0.05, 0.1) is 23.8 Å². The number of nitrogens with zero attached hydrogens (tertiary/aromatic N) is 3. The number of aryl methyl sites for hydroxylation is 3. The zero-order valence-corrected chi connectivity index (χ0v) is 19.2. The van der Waals surface area contributed by atoms with Gasteiger partial charge >= 0.3 is 0 Å². The Morgan fingerprint density at radius 2 is 1.83 bits per heavy atom. The zero-order chi connectivity index (χ0) is 21.3. The van der Waals surface area contributed by atoms with Crippen LogP contribution in [0.2, 0.25) is 0 Å². The molecule has 30 heavy (non-hydrogen) atoms. The zero-order valence-electron chi connectivity index (χ0n) is 18.4. The van der Waals surface area contributed by atoms with E-state index in [1.165, 1.54) is 0 Å². The highest BCUT2D eigenvalue weighted by atomic mass is 35.5. The van der Waals surface area contributed by atoms with Gasteiger partial charge < -0.3 is 16.0 Å². The normalized spacial score (nSPS) is 18.6. The van der Waals surface area contributed by atoms with Gasteiger partial charge in [0.25, 0.3) is 5.91 Å². The molecular formula is C21H31ClN6O2. The molecule has 2 heterocycles. The minimum absolute atomic E-state index is 0. The van der Waals surface area contributed by atoms with Gasteiger partial charge in [0.15, 0.2) is 0 Å². The molecule has 2 aromatic rings. The molecule has 9 heteroatoms. The SMILES string of the molecule is CNC(=O)[C@@H]1C[C@H](n2cc(C(C)(C)NC(=O)c3c(C)cc(C)cc3C)nn2)CN1.Cl. The molecule has 0 aliphatic carbocycles. The number of rotatable bonds is 5. The summed E-state index contributed by atoms with van der Waals surface area (Å²) in [6, 6.07) is 3.85. The number of carbonyl (C=O) groups excluding carboxylic acids is 2. The van der Waals surface area contributed by atoms with E-state index in [4.69, 9.17) is 0 Å². The smallest absolute Gasteiger partial charge is 0.252 e. The first-order valence-electron chi connectivity index (χ1n) is 9.90. The van der Waals surface area contributed by atoms with Crippen LogP contribution in [0.1, 0.15) is 59.1 Å². The van der Waals surface area contributed by atoms with E-state index in [9.17, 15) is 9.59 Å². The number of amides is 2. The topological polar surface area (TPSA) is 101 Å². The van der Waals surface area contributed by atoms with Crippen molar-refractivity contribution in [3.05, 3.63) is 46.3 Å². The van der Waals surface area contributed by atoms with Gasteiger partial charge in [-0.05, 0) is 52.2 Å². The lowest BCUT2D eigenvalue weighted by Crippen LogP contribution is -2.41. The summed E-state index contributed by atoms with van der Waals surface area (Å²) in [5.41, 5.74) is 3.74. The second kappa shape index (κ2) is 9.14. The van der Waals surface area contributed by atoms with Crippen molar-refractivity contribution in [3.8, 4) is 0 Å². The standard InChI is InChI=1S/C21H30N6O2.ClH/c1-12-7-13(2)18(14(3)8-12)20(29)24-21(4,5)17-11-27(26-25-17)15-9-16(23-10-15)19(28)22-6;/h7-8,11,15-16,23H,9-10H2,1-6H3,(H,22,28)(H,24,29);1H/t15-,16-;/m0./s1. The predicted molar refractivity (Wildman–Crippen MR) is 118 cm³/mol. The maximum atomic E-state index is 13.0. The fourth-order valence-electron chi connectivity index (χ4n) is 3.98. The van der Waals surface area contributed by atoms with Gasteiger partial charge in [-0.1, -0.05) is 22.9 Å².